The molecule has 1 saturated heterocycles. The van der Waals surface area contributed by atoms with Crippen LogP contribution in [0, 0.1) is 28.5 Å². The van der Waals surface area contributed by atoms with E-state index in [2.05, 4.69) is 11.0 Å². The van der Waals surface area contributed by atoms with E-state index in [1.165, 1.54) is 12.1 Å². The fourth-order valence-corrected chi connectivity index (χ4v) is 7.31. The van der Waals surface area contributed by atoms with Crippen LogP contribution in [0.5, 0.6) is 0 Å². The van der Waals surface area contributed by atoms with E-state index in [4.69, 9.17) is 9.40 Å². The number of hydrogen-bond donors (Lipinski definition) is 0. The van der Waals surface area contributed by atoms with Crippen LogP contribution in [0.15, 0.2) is 52.9 Å². The Morgan fingerprint density at radius 2 is 1.80 bits per heavy atom. The van der Waals surface area contributed by atoms with Crippen molar-refractivity contribution in [2.24, 2.45) is 11.3 Å². The van der Waals surface area contributed by atoms with Crippen molar-refractivity contribution >= 4 is 21.3 Å². The molecule has 208 valence electrons. The van der Waals surface area contributed by atoms with E-state index in [-0.39, 0.29) is 41.4 Å². The monoisotopic (exact) mass is 561 g/mol. The minimum Gasteiger partial charge on any atom is -0.440 e. The van der Waals surface area contributed by atoms with Crippen molar-refractivity contribution in [2.75, 3.05) is 29.5 Å². The number of rotatable bonds is 7. The zero-order valence-electron chi connectivity index (χ0n) is 22.3. The molecule has 1 aromatic heterocycles. The summed E-state index contributed by atoms with van der Waals surface area (Å²) in [4.78, 5) is 20.4. The van der Waals surface area contributed by atoms with Crippen LogP contribution in [0.4, 0.5) is 10.1 Å². The lowest BCUT2D eigenvalue weighted by molar-refractivity contribution is -0.125. The number of aromatic nitrogens is 1. The number of hydrogen-bond acceptors (Lipinski definition) is 7. The standard InChI is InChI=1S/C31H32FN3O4S/c32-23-5-3-4-22(18-23)30-34-28(21-8-10-24(11-9-21)35-14-16-40(37,38)17-15-35)29(39-30)26-7-2-1-6-25(26)27(36)19-31(20-33)12-13-31/h3-5,8-11,18,25-26H,1-2,6-7,12-17,19H2/t25-,26-/m1/s1. The lowest BCUT2D eigenvalue weighted by atomic mass is 9.73. The number of Topliss-reactive ketones (excluding diaryl/α,β-unsaturated/α-hetero) is 1. The summed E-state index contributed by atoms with van der Waals surface area (Å²) in [5.74, 6) is 0.539. The fourth-order valence-electron chi connectivity index (χ4n) is 6.11. The number of nitrogens with zero attached hydrogens (tertiary/aromatic N) is 3. The molecular formula is C31H32FN3O4S. The highest BCUT2D eigenvalue weighted by Crippen LogP contribution is 2.51. The molecule has 2 saturated carbocycles. The number of oxazole rings is 1. The average molecular weight is 562 g/mol. The summed E-state index contributed by atoms with van der Waals surface area (Å²) < 4.78 is 44.2. The van der Waals surface area contributed by atoms with Crippen LogP contribution in [-0.4, -0.2) is 43.8 Å². The molecule has 0 spiro atoms. The fraction of sp³-hybridized carbons (Fsp3) is 0.452. The van der Waals surface area contributed by atoms with Crippen LogP contribution in [-0.2, 0) is 14.6 Å². The second-order valence-corrected chi connectivity index (χ2v) is 13.8. The lowest BCUT2D eigenvalue weighted by Crippen LogP contribution is -2.40. The van der Waals surface area contributed by atoms with Crippen molar-refractivity contribution in [1.29, 1.82) is 5.26 Å². The summed E-state index contributed by atoms with van der Waals surface area (Å²) in [7, 11) is -2.98. The summed E-state index contributed by atoms with van der Waals surface area (Å²) in [6.07, 6.45) is 5.28. The second-order valence-electron chi connectivity index (χ2n) is 11.5. The van der Waals surface area contributed by atoms with Gasteiger partial charge >= 0.3 is 0 Å². The first kappa shape index (κ1) is 26.7. The van der Waals surface area contributed by atoms with E-state index >= 15 is 0 Å². The Kier molecular flexibility index (Phi) is 6.99. The van der Waals surface area contributed by atoms with E-state index < -0.39 is 15.3 Å². The van der Waals surface area contributed by atoms with Crippen molar-refractivity contribution in [1.82, 2.24) is 4.98 Å². The van der Waals surface area contributed by atoms with E-state index in [0.29, 0.717) is 36.0 Å². The van der Waals surface area contributed by atoms with Crippen LogP contribution in [0.1, 0.15) is 56.6 Å². The van der Waals surface area contributed by atoms with Gasteiger partial charge in [0.1, 0.15) is 23.1 Å². The normalized spacial score (nSPS) is 23.4. The Balaban J connectivity index is 1.35. The minimum atomic E-state index is -2.98. The molecule has 0 N–H and O–H groups in total. The first-order valence-electron chi connectivity index (χ1n) is 14.0. The molecule has 2 atom stereocenters. The largest absolute Gasteiger partial charge is 0.440 e. The third-order valence-corrected chi connectivity index (χ3v) is 10.3. The summed E-state index contributed by atoms with van der Waals surface area (Å²) in [5.41, 5.74) is 2.42. The third kappa shape index (κ3) is 5.42. The maximum absolute atomic E-state index is 14.1. The van der Waals surface area contributed by atoms with Gasteiger partial charge in [-0.15, -0.1) is 0 Å². The number of carbonyl (C=O) groups excluding carboxylic acids is 1. The van der Waals surface area contributed by atoms with Crippen LogP contribution in [0.25, 0.3) is 22.7 Å². The number of sulfone groups is 1. The maximum atomic E-state index is 14.1. The lowest BCUT2D eigenvalue weighted by Gasteiger charge is -2.30. The Bertz CT molecular complexity index is 1560. The van der Waals surface area contributed by atoms with Crippen molar-refractivity contribution in [3.05, 3.63) is 60.1 Å². The van der Waals surface area contributed by atoms with Crippen LogP contribution >= 0.6 is 0 Å². The number of halogens is 1. The average Bonchev–Trinajstić information content (AvgIpc) is 3.59. The summed E-state index contributed by atoms with van der Waals surface area (Å²) >= 11 is 0. The third-order valence-electron chi connectivity index (χ3n) is 8.69. The molecule has 2 heterocycles. The van der Waals surface area contributed by atoms with Crippen LogP contribution in [0.3, 0.4) is 0 Å². The van der Waals surface area contributed by atoms with E-state index in [1.54, 1.807) is 12.1 Å². The number of benzene rings is 2. The van der Waals surface area contributed by atoms with Crippen molar-refractivity contribution in [3.8, 4) is 28.8 Å². The molecule has 0 amide bonds. The van der Waals surface area contributed by atoms with Crippen molar-refractivity contribution < 1.29 is 22.0 Å². The smallest absolute Gasteiger partial charge is 0.226 e. The van der Waals surface area contributed by atoms with E-state index in [1.807, 2.05) is 24.3 Å². The van der Waals surface area contributed by atoms with Crippen molar-refractivity contribution in [2.45, 2.75) is 50.9 Å². The van der Waals surface area contributed by atoms with Gasteiger partial charge in [-0.3, -0.25) is 4.79 Å². The van der Waals surface area contributed by atoms with Gasteiger partial charge in [0.25, 0.3) is 0 Å². The summed E-state index contributed by atoms with van der Waals surface area (Å²) in [6, 6.07) is 16.3. The van der Waals surface area contributed by atoms with Gasteiger partial charge in [0, 0.05) is 48.2 Å². The summed E-state index contributed by atoms with van der Waals surface area (Å²) in [6.45, 7) is 0.910. The molecule has 9 heteroatoms. The predicted molar refractivity (Wildman–Crippen MR) is 150 cm³/mol. The zero-order chi connectivity index (χ0) is 27.9. The number of carbonyl (C=O) groups is 1. The number of ketones is 1. The highest BCUT2D eigenvalue weighted by atomic mass is 32.2. The highest BCUT2D eigenvalue weighted by Gasteiger charge is 2.47. The molecule has 3 aromatic rings. The molecule has 1 aliphatic heterocycles. The Morgan fingerprint density at radius 1 is 1.07 bits per heavy atom. The number of nitriles is 1. The Morgan fingerprint density at radius 3 is 2.48 bits per heavy atom. The Labute approximate surface area is 233 Å². The van der Waals surface area contributed by atoms with Crippen LogP contribution in [0.2, 0.25) is 0 Å². The highest BCUT2D eigenvalue weighted by molar-refractivity contribution is 7.91. The summed E-state index contributed by atoms with van der Waals surface area (Å²) in [5, 5.41) is 9.58. The molecule has 3 fully saturated rings. The van der Waals surface area contributed by atoms with Gasteiger partial charge in [-0.25, -0.2) is 17.8 Å². The molecule has 0 radical (unpaired) electrons. The molecule has 3 aliphatic rings. The maximum Gasteiger partial charge on any atom is 0.226 e. The predicted octanol–water partition coefficient (Wildman–Crippen LogP) is 5.92. The molecule has 40 heavy (non-hydrogen) atoms. The van der Waals surface area contributed by atoms with Gasteiger partial charge in [0.05, 0.1) is 23.0 Å². The van der Waals surface area contributed by atoms with Crippen molar-refractivity contribution in [3.63, 3.8) is 0 Å². The second kappa shape index (κ2) is 10.5. The minimum absolute atomic E-state index is 0.119. The zero-order valence-corrected chi connectivity index (χ0v) is 23.1. The van der Waals surface area contributed by atoms with Crippen LogP contribution < -0.4 is 4.90 Å². The van der Waals surface area contributed by atoms with Gasteiger partial charge in [-0.2, -0.15) is 5.26 Å². The molecule has 0 bridgehead atoms. The molecule has 6 rings (SSSR count). The molecule has 7 nitrogen and oxygen atoms in total. The molecule has 2 aromatic carbocycles. The van der Waals surface area contributed by atoms with Gasteiger partial charge < -0.3 is 9.32 Å². The van der Waals surface area contributed by atoms with Gasteiger partial charge in [0.15, 0.2) is 9.84 Å². The first-order valence-corrected chi connectivity index (χ1v) is 15.8. The Hall–Kier alpha value is -3.51. The number of anilines is 1. The molecule has 2 aliphatic carbocycles. The van der Waals surface area contributed by atoms with Gasteiger partial charge in [0.2, 0.25) is 5.89 Å². The topological polar surface area (TPSA) is 104 Å². The quantitative estimate of drug-likeness (QED) is 0.353. The van der Waals surface area contributed by atoms with Gasteiger partial charge in [-0.1, -0.05) is 31.0 Å². The van der Waals surface area contributed by atoms with E-state index in [9.17, 15) is 22.9 Å². The molecule has 0 unspecified atom stereocenters. The SMILES string of the molecule is N#CC1(CC(=O)[C@@H]2CCCC[C@H]2c2oc(-c3cccc(F)c3)nc2-c2ccc(N3CCS(=O)(=O)CC3)cc2)CC1. The van der Waals surface area contributed by atoms with E-state index in [0.717, 1.165) is 49.8 Å². The first-order chi connectivity index (χ1) is 19.3. The molecular weight excluding hydrogens is 529 g/mol. The van der Waals surface area contributed by atoms with Gasteiger partial charge in [-0.05, 0) is 56.0 Å².